The van der Waals surface area contributed by atoms with Crippen LogP contribution < -0.4 is 0 Å². The fourth-order valence-corrected chi connectivity index (χ4v) is 2.16. The molecule has 0 aliphatic rings. The number of hydrogen-bond donors (Lipinski definition) is 3. The average molecular weight is 307 g/mol. The van der Waals surface area contributed by atoms with E-state index in [2.05, 4.69) is 17.6 Å². The number of aromatic amines is 1. The van der Waals surface area contributed by atoms with Crippen LogP contribution in [0.2, 0.25) is 0 Å². The number of hydrogen-bond acceptors (Lipinski definition) is 4. The van der Waals surface area contributed by atoms with Gasteiger partial charge in [0.05, 0.1) is 5.92 Å². The van der Waals surface area contributed by atoms with Gasteiger partial charge >= 0.3 is 11.9 Å². The van der Waals surface area contributed by atoms with Crippen molar-refractivity contribution in [1.29, 1.82) is 0 Å². The van der Waals surface area contributed by atoms with Crippen molar-refractivity contribution >= 4 is 35.5 Å². The zero-order valence-electron chi connectivity index (χ0n) is 11.6. The topological polar surface area (TPSA) is 79.4 Å². The average Bonchev–Trinajstić information content (AvgIpc) is 2.88. The van der Waals surface area contributed by atoms with Crippen LogP contribution in [0.5, 0.6) is 0 Å². The molecule has 2 atom stereocenters. The number of para-hydroxylation sites is 1. The third kappa shape index (κ3) is 3.58. The van der Waals surface area contributed by atoms with Gasteiger partial charge < -0.3 is 14.8 Å². The molecule has 2 aromatic rings. The maximum atomic E-state index is 11.7. The Labute approximate surface area is 127 Å². The molecule has 0 aliphatic carbocycles. The number of carboxylic acids is 1. The highest BCUT2D eigenvalue weighted by Crippen LogP contribution is 2.20. The van der Waals surface area contributed by atoms with Gasteiger partial charge in [0.25, 0.3) is 0 Å². The zero-order chi connectivity index (χ0) is 15.4. The quantitative estimate of drug-likeness (QED) is 0.565. The molecule has 0 fully saturated rings. The van der Waals surface area contributed by atoms with E-state index in [1.807, 2.05) is 24.3 Å². The molecule has 2 rings (SSSR count). The highest BCUT2D eigenvalue weighted by molar-refractivity contribution is 7.80. The van der Waals surface area contributed by atoms with Gasteiger partial charge in [-0.2, -0.15) is 12.6 Å². The van der Waals surface area contributed by atoms with E-state index >= 15 is 0 Å². The molecule has 6 heteroatoms. The lowest BCUT2D eigenvalue weighted by Crippen LogP contribution is -2.31. The van der Waals surface area contributed by atoms with Crippen LogP contribution in [-0.2, 0) is 20.7 Å². The summed E-state index contributed by atoms with van der Waals surface area (Å²) in [6.45, 7) is 1.65. The Kier molecular flexibility index (Phi) is 4.90. The molecule has 0 spiro atoms. The molecule has 1 aromatic carbocycles. The van der Waals surface area contributed by atoms with Crippen molar-refractivity contribution in [2.75, 3.05) is 5.75 Å². The summed E-state index contributed by atoms with van der Waals surface area (Å²) in [6.07, 6.45) is 0.681. The number of thiol groups is 1. The maximum absolute atomic E-state index is 11.7. The van der Waals surface area contributed by atoms with Crippen molar-refractivity contribution < 1.29 is 19.4 Å². The maximum Gasteiger partial charge on any atom is 0.345 e. The number of carbonyl (C=O) groups excluding carboxylic acids is 1. The number of benzene rings is 1. The van der Waals surface area contributed by atoms with Crippen molar-refractivity contribution in [2.24, 2.45) is 5.92 Å². The van der Waals surface area contributed by atoms with Gasteiger partial charge in [0.15, 0.2) is 0 Å². The summed E-state index contributed by atoms with van der Waals surface area (Å²) in [5, 5.41) is 10.2. The zero-order valence-corrected chi connectivity index (χ0v) is 12.5. The molecule has 1 aromatic heterocycles. The SMILES string of the molecule is CC(CS)C(=O)OC(Cc1c[nH]c2ccccc12)C(=O)O. The first-order valence-electron chi connectivity index (χ1n) is 6.62. The Hall–Kier alpha value is -1.95. The Morgan fingerprint density at radius 1 is 1.38 bits per heavy atom. The summed E-state index contributed by atoms with van der Waals surface area (Å²) in [4.78, 5) is 26.1. The number of fused-ring (bicyclic) bond motifs is 1. The number of esters is 1. The summed E-state index contributed by atoms with van der Waals surface area (Å²) in [5.41, 5.74) is 1.73. The number of carboxylic acid groups (broad SMARTS) is 1. The van der Waals surface area contributed by atoms with E-state index in [1.165, 1.54) is 0 Å². The molecule has 0 amide bonds. The van der Waals surface area contributed by atoms with Gasteiger partial charge in [-0.05, 0) is 11.6 Å². The first kappa shape index (κ1) is 15.4. The second-order valence-electron chi connectivity index (χ2n) is 4.91. The number of nitrogens with one attached hydrogen (secondary N) is 1. The van der Waals surface area contributed by atoms with E-state index in [-0.39, 0.29) is 6.42 Å². The number of carbonyl (C=O) groups is 2. The summed E-state index contributed by atoms with van der Waals surface area (Å²) in [5.74, 6) is -1.81. The van der Waals surface area contributed by atoms with Gasteiger partial charge in [0.2, 0.25) is 6.10 Å². The minimum absolute atomic E-state index is 0.129. The normalized spacial score (nSPS) is 13.8. The second kappa shape index (κ2) is 6.67. The van der Waals surface area contributed by atoms with E-state index in [9.17, 15) is 14.7 Å². The van der Waals surface area contributed by atoms with Crippen LogP contribution in [0.25, 0.3) is 10.9 Å². The fourth-order valence-electron chi connectivity index (χ4n) is 2.01. The van der Waals surface area contributed by atoms with Gasteiger partial charge in [0, 0.05) is 29.3 Å². The number of aromatic nitrogens is 1. The molecule has 0 aliphatic heterocycles. The highest BCUT2D eigenvalue weighted by atomic mass is 32.1. The molecule has 21 heavy (non-hydrogen) atoms. The smallest absolute Gasteiger partial charge is 0.345 e. The van der Waals surface area contributed by atoms with Crippen LogP contribution in [0.4, 0.5) is 0 Å². The van der Waals surface area contributed by atoms with E-state index in [1.54, 1.807) is 13.1 Å². The molecule has 0 saturated carbocycles. The van der Waals surface area contributed by atoms with Crippen molar-refractivity contribution in [3.05, 3.63) is 36.0 Å². The minimum atomic E-state index is -1.20. The molecular weight excluding hydrogens is 290 g/mol. The molecule has 0 radical (unpaired) electrons. The molecule has 5 nitrogen and oxygen atoms in total. The molecule has 1 heterocycles. The standard InChI is InChI=1S/C15H17NO4S/c1-9(8-21)15(19)20-13(14(17)18)6-10-7-16-12-5-3-2-4-11(10)12/h2-5,7,9,13,16,21H,6,8H2,1H3,(H,17,18). The van der Waals surface area contributed by atoms with Crippen LogP contribution in [0.3, 0.4) is 0 Å². The minimum Gasteiger partial charge on any atom is -0.478 e. The van der Waals surface area contributed by atoms with Crippen molar-refractivity contribution in [3.63, 3.8) is 0 Å². The van der Waals surface area contributed by atoms with Crippen LogP contribution in [0.15, 0.2) is 30.5 Å². The summed E-state index contributed by atoms with van der Waals surface area (Å²) >= 11 is 4.01. The largest absolute Gasteiger partial charge is 0.478 e. The molecule has 2 unspecified atom stereocenters. The molecule has 112 valence electrons. The molecule has 2 N–H and O–H groups in total. The highest BCUT2D eigenvalue weighted by Gasteiger charge is 2.26. The van der Waals surface area contributed by atoms with E-state index < -0.39 is 24.0 Å². The lowest BCUT2D eigenvalue weighted by Gasteiger charge is -2.15. The summed E-state index contributed by atoms with van der Waals surface area (Å²) in [7, 11) is 0. The van der Waals surface area contributed by atoms with Crippen molar-refractivity contribution in [1.82, 2.24) is 4.98 Å². The molecule has 0 saturated heterocycles. The van der Waals surface area contributed by atoms with Crippen LogP contribution in [-0.4, -0.2) is 33.9 Å². The summed E-state index contributed by atoms with van der Waals surface area (Å²) < 4.78 is 5.09. The molecule has 0 bridgehead atoms. The van der Waals surface area contributed by atoms with Gasteiger partial charge in [-0.25, -0.2) is 4.79 Å². The van der Waals surface area contributed by atoms with Crippen LogP contribution in [0.1, 0.15) is 12.5 Å². The Bertz CT molecular complexity index is 652. The summed E-state index contributed by atoms with van der Waals surface area (Å²) in [6, 6.07) is 7.58. The first-order chi connectivity index (χ1) is 10.0. The number of rotatable bonds is 6. The van der Waals surface area contributed by atoms with E-state index in [4.69, 9.17) is 4.74 Å². The lowest BCUT2D eigenvalue weighted by atomic mass is 10.1. The molecular formula is C15H17NO4S. The fraction of sp³-hybridized carbons (Fsp3) is 0.333. The van der Waals surface area contributed by atoms with Gasteiger partial charge in [0.1, 0.15) is 0 Å². The van der Waals surface area contributed by atoms with Crippen LogP contribution >= 0.6 is 12.6 Å². The Morgan fingerprint density at radius 3 is 2.76 bits per heavy atom. The van der Waals surface area contributed by atoms with Crippen LogP contribution in [0, 0.1) is 5.92 Å². The van der Waals surface area contributed by atoms with Gasteiger partial charge in [-0.15, -0.1) is 0 Å². The Balaban J connectivity index is 2.17. The van der Waals surface area contributed by atoms with Gasteiger partial charge in [-0.3, -0.25) is 4.79 Å². The van der Waals surface area contributed by atoms with E-state index in [0.29, 0.717) is 5.75 Å². The number of H-pyrrole nitrogens is 1. The second-order valence-corrected chi connectivity index (χ2v) is 5.28. The monoisotopic (exact) mass is 307 g/mol. The first-order valence-corrected chi connectivity index (χ1v) is 7.25. The lowest BCUT2D eigenvalue weighted by molar-refractivity contribution is -0.166. The third-order valence-corrected chi connectivity index (χ3v) is 3.84. The van der Waals surface area contributed by atoms with Crippen molar-refractivity contribution in [2.45, 2.75) is 19.4 Å². The number of ether oxygens (including phenoxy) is 1. The predicted octanol–water partition coefficient (Wildman–Crippen LogP) is 2.27. The Morgan fingerprint density at radius 2 is 2.10 bits per heavy atom. The third-order valence-electron chi connectivity index (χ3n) is 3.29. The number of aliphatic carboxylic acids is 1. The van der Waals surface area contributed by atoms with E-state index in [0.717, 1.165) is 16.5 Å². The predicted molar refractivity (Wildman–Crippen MR) is 82.5 cm³/mol. The van der Waals surface area contributed by atoms with Gasteiger partial charge in [-0.1, -0.05) is 25.1 Å². The van der Waals surface area contributed by atoms with Crippen molar-refractivity contribution in [3.8, 4) is 0 Å².